The molecule has 1 amide bonds. The van der Waals surface area contributed by atoms with Crippen LogP contribution in [0.1, 0.15) is 82.3 Å². The number of carbonyl (C=O) groups excluding carboxylic acids is 1. The first-order valence-corrected chi connectivity index (χ1v) is 13.7. The average molecular weight is 535 g/mol. The number of nitrogens with one attached hydrogen (secondary N) is 2. The fraction of sp³-hybridized carbons (Fsp3) is 0.438. The molecule has 0 unspecified atom stereocenters. The molecule has 2 aromatic carbocycles. The lowest BCUT2D eigenvalue weighted by Crippen LogP contribution is -2.36. The Hall–Kier alpha value is -3.58. The zero-order chi connectivity index (χ0) is 28.6. The van der Waals surface area contributed by atoms with Gasteiger partial charge in [0, 0.05) is 22.1 Å². The Labute approximate surface area is 231 Å². The molecule has 39 heavy (non-hydrogen) atoms. The third kappa shape index (κ3) is 8.72. The van der Waals surface area contributed by atoms with Gasteiger partial charge in [-0.25, -0.2) is 4.79 Å². The maximum Gasteiger partial charge on any atom is 0.360 e. The van der Waals surface area contributed by atoms with Gasteiger partial charge in [0.15, 0.2) is 0 Å². The number of anilines is 1. The molecule has 0 saturated heterocycles. The van der Waals surface area contributed by atoms with Gasteiger partial charge in [0.05, 0.1) is 6.61 Å². The van der Waals surface area contributed by atoms with Crippen LogP contribution >= 0.6 is 0 Å². The van der Waals surface area contributed by atoms with Gasteiger partial charge in [0.25, 0.3) is 5.91 Å². The van der Waals surface area contributed by atoms with Gasteiger partial charge in [-0.2, -0.15) is 0 Å². The topological polar surface area (TPSA) is 101 Å². The van der Waals surface area contributed by atoms with E-state index in [-0.39, 0.29) is 17.0 Å². The quantitative estimate of drug-likeness (QED) is 0.135. The molecule has 0 fully saturated rings. The van der Waals surface area contributed by atoms with Crippen molar-refractivity contribution in [2.24, 2.45) is 0 Å². The summed E-state index contributed by atoms with van der Waals surface area (Å²) >= 11 is 0. The average Bonchev–Trinajstić information content (AvgIpc) is 2.87. The molecule has 3 N–H and O–H groups in total. The Kier molecular flexibility index (Phi) is 10.4. The number of unbranched alkanes of at least 4 members (excludes halogenated alkanes) is 1. The highest BCUT2D eigenvalue weighted by Gasteiger charge is 2.17. The summed E-state index contributed by atoms with van der Waals surface area (Å²) in [5, 5.41) is 17.0. The van der Waals surface area contributed by atoms with E-state index in [0.717, 1.165) is 49.1 Å². The largest absolute Gasteiger partial charge is 0.508 e. The van der Waals surface area contributed by atoms with E-state index in [4.69, 9.17) is 9.15 Å². The van der Waals surface area contributed by atoms with Crippen LogP contribution in [-0.2, 0) is 12.8 Å². The van der Waals surface area contributed by atoms with Gasteiger partial charge in [-0.05, 0) is 109 Å². The van der Waals surface area contributed by atoms with Crippen LogP contribution in [0.15, 0.2) is 57.3 Å². The van der Waals surface area contributed by atoms with E-state index in [2.05, 4.69) is 38.3 Å². The maximum atomic E-state index is 13.0. The smallest absolute Gasteiger partial charge is 0.360 e. The first-order chi connectivity index (χ1) is 18.5. The minimum absolute atomic E-state index is 0.0574. The van der Waals surface area contributed by atoms with Gasteiger partial charge < -0.3 is 24.9 Å². The molecular weight excluding hydrogens is 492 g/mol. The van der Waals surface area contributed by atoms with Gasteiger partial charge >= 0.3 is 5.63 Å². The second-order valence-electron chi connectivity index (χ2n) is 11.2. The summed E-state index contributed by atoms with van der Waals surface area (Å²) in [5.74, 6) is 0.395. The second kappa shape index (κ2) is 13.5. The number of aryl methyl sites for hydroxylation is 1. The van der Waals surface area contributed by atoms with Gasteiger partial charge in [-0.3, -0.25) is 4.79 Å². The van der Waals surface area contributed by atoms with E-state index in [1.807, 2.05) is 32.1 Å². The third-order valence-corrected chi connectivity index (χ3v) is 6.30. The number of phenolic OH excluding ortho intramolecular Hbond substituents is 1. The van der Waals surface area contributed by atoms with Crippen molar-refractivity contribution in [1.29, 1.82) is 0 Å². The Balaban J connectivity index is 1.83. The molecule has 0 bridgehead atoms. The lowest BCUT2D eigenvalue weighted by atomic mass is 10.0. The normalized spacial score (nSPS) is 11.4. The lowest BCUT2D eigenvalue weighted by Gasteiger charge is -2.20. The Morgan fingerprint density at radius 2 is 1.87 bits per heavy atom. The molecule has 0 aliphatic rings. The van der Waals surface area contributed by atoms with Crippen molar-refractivity contribution >= 4 is 22.6 Å². The fourth-order valence-electron chi connectivity index (χ4n) is 4.15. The standard InChI is InChI=1S/C32H42N2O5/c1-7-8-10-25-28(38-18-9-17-33-32(4,5)6)16-14-23-20-26(31(37)39-29(23)25)34-30(36)24-13-15-27(35)22(19-24)12-11-21(2)3/h11,13-16,19-20,33,35H,7-10,12,17-18H2,1-6H3,(H,34,36). The van der Waals surface area contributed by atoms with E-state index >= 15 is 0 Å². The van der Waals surface area contributed by atoms with Gasteiger partial charge in [0.2, 0.25) is 0 Å². The van der Waals surface area contributed by atoms with E-state index in [0.29, 0.717) is 35.1 Å². The molecule has 0 spiro atoms. The maximum absolute atomic E-state index is 13.0. The van der Waals surface area contributed by atoms with Crippen LogP contribution in [-0.4, -0.2) is 29.7 Å². The summed E-state index contributed by atoms with van der Waals surface area (Å²) < 4.78 is 11.9. The molecule has 7 nitrogen and oxygen atoms in total. The van der Waals surface area contributed by atoms with Crippen molar-refractivity contribution in [2.45, 2.75) is 79.2 Å². The first kappa shape index (κ1) is 30.0. The van der Waals surface area contributed by atoms with Gasteiger partial charge in [-0.15, -0.1) is 0 Å². The van der Waals surface area contributed by atoms with Gasteiger partial charge in [-0.1, -0.05) is 25.0 Å². The number of allylic oxidation sites excluding steroid dienone is 2. The van der Waals surface area contributed by atoms with Gasteiger partial charge in [0.1, 0.15) is 22.8 Å². The SMILES string of the molecule is CCCCc1c(OCCCNC(C)(C)C)ccc2cc(NC(=O)c3ccc(O)c(CC=C(C)C)c3)c(=O)oc12. The Morgan fingerprint density at radius 1 is 1.10 bits per heavy atom. The monoisotopic (exact) mass is 534 g/mol. The third-order valence-electron chi connectivity index (χ3n) is 6.30. The predicted octanol–water partition coefficient (Wildman–Crippen LogP) is 6.76. The van der Waals surface area contributed by atoms with E-state index in [9.17, 15) is 14.7 Å². The molecule has 0 saturated carbocycles. The van der Waals surface area contributed by atoms with Crippen LogP contribution in [0.25, 0.3) is 11.0 Å². The first-order valence-electron chi connectivity index (χ1n) is 13.7. The van der Waals surface area contributed by atoms with Crippen molar-refractivity contribution in [2.75, 3.05) is 18.5 Å². The molecule has 7 heteroatoms. The molecule has 1 aromatic heterocycles. The van der Waals surface area contributed by atoms with Crippen LogP contribution in [0, 0.1) is 0 Å². The highest BCUT2D eigenvalue weighted by atomic mass is 16.5. The van der Waals surface area contributed by atoms with Crippen molar-refractivity contribution in [3.8, 4) is 11.5 Å². The van der Waals surface area contributed by atoms with Crippen molar-refractivity contribution in [3.05, 3.63) is 75.2 Å². The Morgan fingerprint density at radius 3 is 2.56 bits per heavy atom. The molecule has 0 aliphatic heterocycles. The minimum atomic E-state index is -0.622. The van der Waals surface area contributed by atoms with Crippen LogP contribution in [0.2, 0.25) is 0 Å². The zero-order valence-corrected chi connectivity index (χ0v) is 24.1. The molecule has 0 atom stereocenters. The highest BCUT2D eigenvalue weighted by molar-refractivity contribution is 6.05. The molecule has 210 valence electrons. The Bertz CT molecular complexity index is 1380. The number of fused-ring (bicyclic) bond motifs is 1. The molecule has 3 aromatic rings. The molecule has 0 radical (unpaired) electrons. The van der Waals surface area contributed by atoms with Crippen LogP contribution in [0.4, 0.5) is 5.69 Å². The zero-order valence-electron chi connectivity index (χ0n) is 24.1. The number of carbonyl (C=O) groups is 1. The minimum Gasteiger partial charge on any atom is -0.508 e. The van der Waals surface area contributed by atoms with Crippen molar-refractivity contribution < 1.29 is 19.1 Å². The summed E-state index contributed by atoms with van der Waals surface area (Å²) in [7, 11) is 0. The summed E-state index contributed by atoms with van der Waals surface area (Å²) in [6.07, 6.45) is 5.98. The van der Waals surface area contributed by atoms with Crippen LogP contribution < -0.4 is 21.0 Å². The number of aromatic hydroxyl groups is 1. The fourth-order valence-corrected chi connectivity index (χ4v) is 4.15. The van der Waals surface area contributed by atoms with E-state index < -0.39 is 11.5 Å². The number of hydrogen-bond acceptors (Lipinski definition) is 6. The number of benzene rings is 2. The number of amides is 1. The summed E-state index contributed by atoms with van der Waals surface area (Å²) in [4.78, 5) is 25.9. The number of phenols is 1. The van der Waals surface area contributed by atoms with Crippen molar-refractivity contribution in [1.82, 2.24) is 5.32 Å². The summed E-state index contributed by atoms with van der Waals surface area (Å²) in [5.41, 5.74) is 2.96. The van der Waals surface area contributed by atoms with Crippen LogP contribution in [0.5, 0.6) is 11.5 Å². The number of rotatable bonds is 12. The number of ether oxygens (including phenoxy) is 1. The molecule has 1 heterocycles. The van der Waals surface area contributed by atoms with Crippen LogP contribution in [0.3, 0.4) is 0 Å². The van der Waals surface area contributed by atoms with Crippen molar-refractivity contribution in [3.63, 3.8) is 0 Å². The van der Waals surface area contributed by atoms with E-state index in [1.165, 1.54) is 12.1 Å². The molecule has 3 rings (SSSR count). The lowest BCUT2D eigenvalue weighted by molar-refractivity contribution is 0.102. The number of hydrogen-bond donors (Lipinski definition) is 3. The van der Waals surface area contributed by atoms with E-state index in [1.54, 1.807) is 12.1 Å². The highest BCUT2D eigenvalue weighted by Crippen LogP contribution is 2.30. The second-order valence-corrected chi connectivity index (χ2v) is 11.2. The summed E-state index contributed by atoms with van der Waals surface area (Å²) in [6, 6.07) is 10.1. The summed E-state index contributed by atoms with van der Waals surface area (Å²) in [6.45, 7) is 13.8. The predicted molar refractivity (Wildman–Crippen MR) is 158 cm³/mol. The molecular formula is C32H42N2O5. The molecule has 0 aliphatic carbocycles.